The van der Waals surface area contributed by atoms with Gasteiger partial charge in [0.1, 0.15) is 6.54 Å². The fourth-order valence-electron chi connectivity index (χ4n) is 2.90. The summed E-state index contributed by atoms with van der Waals surface area (Å²) in [5.41, 5.74) is 0.565. The third kappa shape index (κ3) is 3.44. The van der Waals surface area contributed by atoms with Crippen LogP contribution in [0, 0.1) is 0 Å². The van der Waals surface area contributed by atoms with Crippen molar-refractivity contribution in [3.05, 3.63) is 40.4 Å². The Hall–Kier alpha value is -1.77. The van der Waals surface area contributed by atoms with Crippen molar-refractivity contribution >= 4 is 20.9 Å². The third-order valence-corrected chi connectivity index (χ3v) is 6.15. The minimum atomic E-state index is -3.11. The molecule has 0 unspecified atom stereocenters. The Labute approximate surface area is 135 Å². The van der Waals surface area contributed by atoms with Crippen LogP contribution in [-0.2, 0) is 16.6 Å². The van der Waals surface area contributed by atoms with E-state index >= 15 is 0 Å². The largest absolute Gasteiger partial charge is 0.326 e. The summed E-state index contributed by atoms with van der Waals surface area (Å²) < 4.78 is 25.3. The molecule has 124 valence electrons. The molecule has 1 aromatic heterocycles. The van der Waals surface area contributed by atoms with E-state index in [9.17, 15) is 13.2 Å². The number of aromatic nitrogens is 2. The highest BCUT2D eigenvalue weighted by atomic mass is 32.2. The van der Waals surface area contributed by atoms with Crippen LogP contribution in [0.3, 0.4) is 0 Å². The molecule has 8 heteroatoms. The first-order valence-corrected chi connectivity index (χ1v) is 9.40. The monoisotopic (exact) mass is 337 g/mol. The Kier molecular flexibility index (Phi) is 4.47. The summed E-state index contributed by atoms with van der Waals surface area (Å²) in [5, 5.41) is 0.588. The summed E-state index contributed by atoms with van der Waals surface area (Å²) in [6.45, 7) is 4.73. The van der Waals surface area contributed by atoms with Gasteiger partial charge in [-0.2, -0.15) is 4.31 Å². The van der Waals surface area contributed by atoms with Gasteiger partial charge < -0.3 is 9.88 Å². The zero-order valence-electron chi connectivity index (χ0n) is 13.1. The van der Waals surface area contributed by atoms with Crippen LogP contribution < -0.4 is 10.5 Å². The molecule has 0 aliphatic carbocycles. The molecule has 1 aromatic carbocycles. The van der Waals surface area contributed by atoms with Crippen molar-refractivity contribution in [2.75, 3.05) is 31.9 Å². The first-order chi connectivity index (χ1) is 11.0. The van der Waals surface area contributed by atoms with Gasteiger partial charge in [0.15, 0.2) is 5.82 Å². The molecule has 7 nitrogen and oxygen atoms in total. The van der Waals surface area contributed by atoms with Crippen LogP contribution >= 0.6 is 0 Å². The number of quaternary nitrogens is 1. The van der Waals surface area contributed by atoms with E-state index in [1.165, 1.54) is 4.90 Å². The van der Waals surface area contributed by atoms with Crippen LogP contribution in [-0.4, -0.2) is 54.6 Å². The number of aromatic amines is 1. The standard InChI is InChI=1S/C15H20N4O3S/c1-2-23(21,22)19-9-7-18(8-10-19)11-14-16-13-6-4-3-5-12(13)15(20)17-14/h3-6H,2,7-11H2,1H3,(H,16,17,20)/p+1. The molecule has 0 amide bonds. The molecule has 2 aromatic rings. The van der Waals surface area contributed by atoms with Crippen LogP contribution in [0.15, 0.2) is 29.1 Å². The highest BCUT2D eigenvalue weighted by molar-refractivity contribution is 7.89. The second-order valence-electron chi connectivity index (χ2n) is 5.76. The number of H-pyrrole nitrogens is 1. The maximum Gasteiger partial charge on any atom is 0.258 e. The molecule has 2 N–H and O–H groups in total. The van der Waals surface area contributed by atoms with E-state index < -0.39 is 10.0 Å². The van der Waals surface area contributed by atoms with Crippen molar-refractivity contribution in [3.8, 4) is 0 Å². The SMILES string of the molecule is CCS(=O)(=O)N1CC[NH+](Cc2nc3ccccc3c(=O)[nH]2)CC1. The molecule has 0 spiro atoms. The Morgan fingerprint density at radius 1 is 1.26 bits per heavy atom. The van der Waals surface area contributed by atoms with Crippen LogP contribution in [0.1, 0.15) is 12.7 Å². The minimum absolute atomic E-state index is 0.128. The lowest BCUT2D eigenvalue weighted by atomic mass is 10.2. The van der Waals surface area contributed by atoms with Gasteiger partial charge in [-0.3, -0.25) is 4.79 Å². The zero-order chi connectivity index (χ0) is 16.4. The number of nitrogens with one attached hydrogen (secondary N) is 2. The lowest BCUT2D eigenvalue weighted by Gasteiger charge is -2.30. The summed E-state index contributed by atoms with van der Waals surface area (Å²) in [6, 6.07) is 7.26. The average molecular weight is 337 g/mol. The van der Waals surface area contributed by atoms with E-state index in [0.29, 0.717) is 36.4 Å². The van der Waals surface area contributed by atoms with E-state index in [1.807, 2.05) is 18.2 Å². The topological polar surface area (TPSA) is 87.6 Å². The molecule has 0 saturated carbocycles. The smallest absolute Gasteiger partial charge is 0.258 e. The van der Waals surface area contributed by atoms with Crippen molar-refractivity contribution in [2.45, 2.75) is 13.5 Å². The first-order valence-electron chi connectivity index (χ1n) is 7.79. The van der Waals surface area contributed by atoms with Crippen molar-refractivity contribution < 1.29 is 13.3 Å². The van der Waals surface area contributed by atoms with E-state index in [4.69, 9.17) is 0 Å². The molecular formula is C15H21N4O3S+. The number of para-hydroxylation sites is 1. The highest BCUT2D eigenvalue weighted by Gasteiger charge is 2.28. The summed E-state index contributed by atoms with van der Waals surface area (Å²) in [4.78, 5) is 20.6. The van der Waals surface area contributed by atoms with Gasteiger partial charge in [0.25, 0.3) is 5.56 Å². The molecule has 23 heavy (non-hydrogen) atoms. The van der Waals surface area contributed by atoms with E-state index in [0.717, 1.165) is 13.1 Å². The molecule has 1 saturated heterocycles. The summed E-state index contributed by atoms with van der Waals surface area (Å²) in [7, 11) is -3.11. The highest BCUT2D eigenvalue weighted by Crippen LogP contribution is 2.05. The Morgan fingerprint density at radius 3 is 2.65 bits per heavy atom. The van der Waals surface area contributed by atoms with Gasteiger partial charge in [0, 0.05) is 0 Å². The molecule has 1 aliphatic heterocycles. The summed E-state index contributed by atoms with van der Waals surface area (Å²) in [5.74, 6) is 0.789. The number of rotatable bonds is 4. The Morgan fingerprint density at radius 2 is 1.96 bits per heavy atom. The summed E-state index contributed by atoms with van der Waals surface area (Å²) >= 11 is 0. The molecule has 2 heterocycles. The second-order valence-corrected chi connectivity index (χ2v) is 8.01. The first kappa shape index (κ1) is 16.1. The maximum absolute atomic E-state index is 12.1. The lowest BCUT2D eigenvalue weighted by Crippen LogP contribution is -3.13. The van der Waals surface area contributed by atoms with Crippen molar-refractivity contribution in [1.82, 2.24) is 14.3 Å². The second kappa shape index (κ2) is 6.38. The fraction of sp³-hybridized carbons (Fsp3) is 0.467. The summed E-state index contributed by atoms with van der Waals surface area (Å²) in [6.07, 6.45) is 0. The molecule has 0 atom stereocenters. The number of hydrogen-bond acceptors (Lipinski definition) is 4. The van der Waals surface area contributed by atoms with Gasteiger partial charge in [-0.1, -0.05) is 12.1 Å². The van der Waals surface area contributed by atoms with Crippen LogP contribution in [0.4, 0.5) is 0 Å². The number of piperazine rings is 1. The molecule has 0 bridgehead atoms. The molecular weight excluding hydrogens is 316 g/mol. The van der Waals surface area contributed by atoms with Gasteiger partial charge >= 0.3 is 0 Å². The van der Waals surface area contributed by atoms with Crippen LogP contribution in [0.25, 0.3) is 10.9 Å². The number of hydrogen-bond donors (Lipinski definition) is 2. The molecule has 1 aliphatic rings. The molecule has 0 radical (unpaired) electrons. The van der Waals surface area contributed by atoms with Gasteiger partial charge in [0.2, 0.25) is 10.0 Å². The predicted molar refractivity (Wildman–Crippen MR) is 87.8 cm³/mol. The molecule has 1 fully saturated rings. The molecule has 3 rings (SSSR count). The van der Waals surface area contributed by atoms with Crippen molar-refractivity contribution in [3.63, 3.8) is 0 Å². The Balaban J connectivity index is 1.71. The quantitative estimate of drug-likeness (QED) is 0.747. The number of fused-ring (bicyclic) bond motifs is 1. The van der Waals surface area contributed by atoms with Crippen molar-refractivity contribution in [2.24, 2.45) is 0 Å². The lowest BCUT2D eigenvalue weighted by molar-refractivity contribution is -0.917. The fourth-order valence-corrected chi connectivity index (χ4v) is 4.00. The van der Waals surface area contributed by atoms with Crippen molar-refractivity contribution in [1.29, 1.82) is 0 Å². The van der Waals surface area contributed by atoms with Gasteiger partial charge in [-0.05, 0) is 19.1 Å². The zero-order valence-corrected chi connectivity index (χ0v) is 13.9. The van der Waals surface area contributed by atoms with E-state index in [2.05, 4.69) is 9.97 Å². The Bertz CT molecular complexity index is 854. The number of sulfonamides is 1. The van der Waals surface area contributed by atoms with E-state index in [1.54, 1.807) is 17.3 Å². The third-order valence-electron chi connectivity index (χ3n) is 4.27. The van der Waals surface area contributed by atoms with Gasteiger partial charge in [-0.15, -0.1) is 0 Å². The van der Waals surface area contributed by atoms with Crippen LogP contribution in [0.5, 0.6) is 0 Å². The van der Waals surface area contributed by atoms with E-state index in [-0.39, 0.29) is 11.3 Å². The average Bonchev–Trinajstić information content (AvgIpc) is 2.55. The maximum atomic E-state index is 12.1. The number of nitrogens with zero attached hydrogens (tertiary/aromatic N) is 2. The number of benzene rings is 1. The minimum Gasteiger partial charge on any atom is -0.326 e. The van der Waals surface area contributed by atoms with Crippen LogP contribution in [0.2, 0.25) is 0 Å². The normalized spacial score (nSPS) is 17.6. The predicted octanol–water partition coefficient (Wildman–Crippen LogP) is -1.03. The van der Waals surface area contributed by atoms with Gasteiger partial charge in [0.05, 0.1) is 42.8 Å². The van der Waals surface area contributed by atoms with Gasteiger partial charge in [-0.25, -0.2) is 13.4 Å².